The molecule has 18 nitrogen and oxygen atoms in total. The maximum absolute atomic E-state index is 13.6. The number of aliphatic hydroxyl groups is 3. The topological polar surface area (TPSA) is 241 Å². The average molecular weight is 1520 g/mol. The van der Waals surface area contributed by atoms with Gasteiger partial charge in [-0.05, 0) is 216 Å². The van der Waals surface area contributed by atoms with Crippen LogP contribution in [0.2, 0.25) is 0 Å². The Balaban J connectivity index is 0.000000129. The van der Waals surface area contributed by atoms with E-state index in [1.807, 2.05) is 75.4 Å². The van der Waals surface area contributed by atoms with Crippen molar-refractivity contribution in [2.45, 2.75) is 234 Å². The fourth-order valence-electron chi connectivity index (χ4n) is 20.4. The number of rotatable bonds is 15. The molecule has 586 valence electrons. The van der Waals surface area contributed by atoms with Crippen LogP contribution in [-0.4, -0.2) is 153 Å². The quantitative estimate of drug-likeness (QED) is 0.0864. The monoisotopic (exact) mass is 1520 g/mol. The Morgan fingerprint density at radius 3 is 0.982 bits per heavy atom. The molecule has 9 aromatic rings. The summed E-state index contributed by atoms with van der Waals surface area (Å²) in [5.41, 5.74) is 12.9. The first kappa shape index (κ1) is 77.8. The molecular formula is C96H106N12O6. The zero-order chi connectivity index (χ0) is 78.8. The zero-order valence-electron chi connectivity index (χ0n) is 66.2. The summed E-state index contributed by atoms with van der Waals surface area (Å²) in [5, 5.41) is 69.5. The number of aryl methyl sites for hydroxylation is 2. The molecule has 0 bridgehead atoms. The number of benzene rings is 6. The average Bonchev–Trinajstić information content (AvgIpc) is 1.59. The van der Waals surface area contributed by atoms with Crippen LogP contribution >= 0.6 is 0 Å². The van der Waals surface area contributed by atoms with E-state index in [9.17, 15) is 45.5 Å². The molecule has 6 aromatic carbocycles. The predicted molar refractivity (Wildman–Crippen MR) is 443 cm³/mol. The van der Waals surface area contributed by atoms with Crippen LogP contribution in [0.15, 0.2) is 152 Å². The summed E-state index contributed by atoms with van der Waals surface area (Å²) in [6, 6.07) is 57.0. The molecule has 9 aliphatic rings. The standard InChI is InChI=1S/2C32H36N4O2.C32H34N4O2/c3*1-2-23-8-7-13-30(34-23)32(21-33)14-16-35(17-15-32)19-22-18-26-27(25-10-4-3-9-24(22)25)20-36(31(26)38)28-11-5-6-12-29(28)37/h2*3-4,7-10,13,18,28-29,37H,2,5-6,11-12,14-17,19-20H2,1H3;2-4,7-10,13,18,28-29,37H,1,5-6,11-12,14-17,19-20H2/t3*28-,29-/m000/s1. The first-order chi connectivity index (χ1) is 55.6. The number of carbonyl (C=O) groups excluding carboxylic acids is 3. The number of pyridine rings is 3. The van der Waals surface area contributed by atoms with Gasteiger partial charge in [0.15, 0.2) is 0 Å². The van der Waals surface area contributed by atoms with Crippen molar-refractivity contribution in [3.8, 4) is 18.2 Å². The molecule has 6 atom stereocenters. The van der Waals surface area contributed by atoms with Crippen molar-refractivity contribution in [1.82, 2.24) is 44.4 Å². The zero-order valence-corrected chi connectivity index (χ0v) is 66.2. The smallest absolute Gasteiger partial charge is 0.254 e. The lowest BCUT2D eigenvalue weighted by atomic mass is 9.76. The number of nitrogens with zero attached hydrogens (tertiary/aromatic N) is 12. The minimum absolute atomic E-state index is 0.0493. The molecule has 3 aromatic heterocycles. The number of carbonyl (C=O) groups is 3. The van der Waals surface area contributed by atoms with E-state index in [0.29, 0.717) is 32.5 Å². The van der Waals surface area contributed by atoms with Gasteiger partial charge in [-0.3, -0.25) is 44.0 Å². The van der Waals surface area contributed by atoms with Crippen LogP contribution in [-0.2, 0) is 68.4 Å². The van der Waals surface area contributed by atoms with E-state index in [2.05, 4.69) is 143 Å². The molecule has 0 unspecified atom stereocenters. The minimum atomic E-state index is -0.590. The molecule has 3 aliphatic carbocycles. The summed E-state index contributed by atoms with van der Waals surface area (Å²) in [6.07, 6.45) is 17.7. The summed E-state index contributed by atoms with van der Waals surface area (Å²) >= 11 is 0. The highest BCUT2D eigenvalue weighted by atomic mass is 16.3. The Morgan fingerprint density at radius 1 is 0.404 bits per heavy atom. The van der Waals surface area contributed by atoms with Gasteiger partial charge in [0.2, 0.25) is 0 Å². The molecule has 18 heteroatoms. The van der Waals surface area contributed by atoms with Crippen molar-refractivity contribution < 1.29 is 29.7 Å². The van der Waals surface area contributed by atoms with Crippen molar-refractivity contribution in [2.75, 3.05) is 39.3 Å². The number of aliphatic hydroxyl groups excluding tert-OH is 3. The molecule has 18 rings (SSSR count). The molecule has 3 N–H and O–H groups in total. The highest BCUT2D eigenvalue weighted by molar-refractivity contribution is 6.08. The Labute approximate surface area is 670 Å². The van der Waals surface area contributed by atoms with E-state index < -0.39 is 34.6 Å². The van der Waals surface area contributed by atoms with Gasteiger partial charge in [0.25, 0.3) is 17.7 Å². The molecule has 3 amide bonds. The van der Waals surface area contributed by atoms with Crippen LogP contribution < -0.4 is 0 Å². The Kier molecular flexibility index (Phi) is 22.8. The van der Waals surface area contributed by atoms with Crippen molar-refractivity contribution in [3.05, 3.63) is 236 Å². The lowest BCUT2D eigenvalue weighted by Crippen LogP contribution is -2.45. The molecule has 6 aliphatic heterocycles. The number of aromatic nitrogens is 3. The largest absolute Gasteiger partial charge is 0.391 e. The SMILES string of the molecule is C=Cc1cccc(C2(C#N)CCN(Cc3cc4c(c5ccccc35)CN([C@H]3CCCC[C@@H]3O)C4=O)CC2)n1.CCc1cccc(C2(C#N)CCN(Cc3cc4c(c5ccccc35)CN([C@H]3CCCC[C@@H]3O)C4=O)CC2)n1.CCc1cccc(C2(C#N)CCN(Cc3cc4c(c5ccccc35)CN([C@H]3CCCC[C@@H]3O)C4=O)CC2)n1. The van der Waals surface area contributed by atoms with Gasteiger partial charge >= 0.3 is 0 Å². The first-order valence-corrected chi connectivity index (χ1v) is 42.1. The third kappa shape index (κ3) is 15.0. The van der Waals surface area contributed by atoms with Crippen LogP contribution in [0.4, 0.5) is 0 Å². The number of hydrogen-bond donors (Lipinski definition) is 3. The molecule has 3 saturated heterocycles. The van der Waals surface area contributed by atoms with Gasteiger partial charge in [-0.2, -0.15) is 15.8 Å². The van der Waals surface area contributed by atoms with Gasteiger partial charge in [0, 0.05) is 107 Å². The van der Waals surface area contributed by atoms with Crippen LogP contribution in [0, 0.1) is 34.0 Å². The maximum Gasteiger partial charge on any atom is 0.254 e. The minimum Gasteiger partial charge on any atom is -0.391 e. The van der Waals surface area contributed by atoms with E-state index >= 15 is 0 Å². The van der Waals surface area contributed by atoms with Crippen molar-refractivity contribution in [3.63, 3.8) is 0 Å². The fraction of sp³-hybridized carbons (Fsp3) is 0.448. The van der Waals surface area contributed by atoms with Gasteiger partial charge in [-0.25, -0.2) is 0 Å². The first-order valence-electron chi connectivity index (χ1n) is 42.1. The number of hydrogen-bond acceptors (Lipinski definition) is 15. The summed E-state index contributed by atoms with van der Waals surface area (Å²) in [4.78, 5) is 68.1. The van der Waals surface area contributed by atoms with E-state index in [0.717, 1.165) is 275 Å². The summed E-state index contributed by atoms with van der Waals surface area (Å²) < 4.78 is 0. The van der Waals surface area contributed by atoms with Gasteiger partial charge in [-0.1, -0.05) is 150 Å². The van der Waals surface area contributed by atoms with Gasteiger partial charge < -0.3 is 30.0 Å². The highest BCUT2D eigenvalue weighted by Crippen LogP contribution is 2.44. The lowest BCUT2D eigenvalue weighted by Gasteiger charge is -2.37. The molecule has 0 radical (unpaired) electrons. The Morgan fingerprint density at radius 2 is 0.693 bits per heavy atom. The normalized spacial score (nSPS) is 23.4. The third-order valence-corrected chi connectivity index (χ3v) is 27.2. The molecule has 114 heavy (non-hydrogen) atoms. The number of amides is 3. The number of piperidine rings is 3. The van der Waals surface area contributed by atoms with Crippen LogP contribution in [0.1, 0.15) is 228 Å². The molecular weight excluding hydrogens is 1420 g/mol. The Hall–Kier alpha value is -10.1. The third-order valence-electron chi connectivity index (χ3n) is 27.2. The van der Waals surface area contributed by atoms with E-state index in [1.54, 1.807) is 6.08 Å². The summed E-state index contributed by atoms with van der Waals surface area (Å²) in [6.45, 7) is 16.8. The second-order valence-corrected chi connectivity index (χ2v) is 33.7. The predicted octanol–water partition coefficient (Wildman–Crippen LogP) is 15.4. The van der Waals surface area contributed by atoms with Crippen LogP contribution in [0.25, 0.3) is 38.4 Å². The van der Waals surface area contributed by atoms with Crippen molar-refractivity contribution >= 4 is 56.1 Å². The number of nitriles is 3. The molecule has 9 heterocycles. The second kappa shape index (κ2) is 33.4. The summed E-state index contributed by atoms with van der Waals surface area (Å²) in [5.74, 6) is 0.164. The fourth-order valence-corrected chi connectivity index (χ4v) is 20.4. The van der Waals surface area contributed by atoms with E-state index in [-0.39, 0.29) is 35.8 Å². The second-order valence-electron chi connectivity index (χ2n) is 33.7. The molecule has 3 saturated carbocycles. The lowest BCUT2D eigenvalue weighted by molar-refractivity contribution is 0.0191. The molecule has 0 spiro atoms. The summed E-state index contributed by atoms with van der Waals surface area (Å²) in [7, 11) is 0. The van der Waals surface area contributed by atoms with Gasteiger partial charge in [0.1, 0.15) is 16.2 Å². The van der Waals surface area contributed by atoms with E-state index in [4.69, 9.17) is 9.97 Å². The van der Waals surface area contributed by atoms with Crippen molar-refractivity contribution in [2.24, 2.45) is 0 Å². The van der Waals surface area contributed by atoms with Gasteiger partial charge in [-0.15, -0.1) is 0 Å². The van der Waals surface area contributed by atoms with E-state index in [1.165, 1.54) is 16.2 Å². The highest BCUT2D eigenvalue weighted by Gasteiger charge is 2.45. The van der Waals surface area contributed by atoms with Crippen LogP contribution in [0.5, 0.6) is 0 Å². The number of likely N-dealkylation sites (tertiary alicyclic amines) is 3. The Bertz CT molecular complexity index is 5050. The molecule has 6 fully saturated rings. The van der Waals surface area contributed by atoms with Crippen molar-refractivity contribution in [1.29, 1.82) is 15.8 Å². The number of fused-ring (bicyclic) bond motifs is 9. The van der Waals surface area contributed by atoms with Gasteiger partial charge in [0.05, 0.1) is 77.4 Å². The van der Waals surface area contributed by atoms with Crippen LogP contribution in [0.3, 0.4) is 0 Å². The maximum atomic E-state index is 13.6.